The van der Waals surface area contributed by atoms with E-state index < -0.39 is 11.9 Å². The van der Waals surface area contributed by atoms with Gasteiger partial charge in [-0.3, -0.25) is 0 Å². The highest BCUT2D eigenvalue weighted by atomic mass is 79.9. The average molecular weight is 586 g/mol. The van der Waals surface area contributed by atoms with Gasteiger partial charge < -0.3 is 18.9 Å². The molecule has 0 atom stereocenters. The van der Waals surface area contributed by atoms with Crippen molar-refractivity contribution in [1.82, 2.24) is 9.78 Å². The minimum atomic E-state index is -0.744. The van der Waals surface area contributed by atoms with Crippen molar-refractivity contribution in [3.05, 3.63) is 93.0 Å². The summed E-state index contributed by atoms with van der Waals surface area (Å²) in [5, 5.41) is 5.20. The van der Waals surface area contributed by atoms with Crippen LogP contribution in [0.5, 0.6) is 11.5 Å². The zero-order valence-electron chi connectivity index (χ0n) is 20.2. The van der Waals surface area contributed by atoms with Gasteiger partial charge in [-0.15, -0.1) is 0 Å². The third-order valence-electron chi connectivity index (χ3n) is 5.49. The molecule has 0 bridgehead atoms. The molecular weight excluding hydrogens is 564 g/mol. The summed E-state index contributed by atoms with van der Waals surface area (Å²) < 4.78 is 23.5. The van der Waals surface area contributed by atoms with Crippen molar-refractivity contribution in [2.24, 2.45) is 0 Å². The zero-order chi connectivity index (χ0) is 26.5. The van der Waals surface area contributed by atoms with Crippen LogP contribution in [0, 0.1) is 0 Å². The highest BCUT2D eigenvalue weighted by Gasteiger charge is 2.32. The molecule has 0 fully saturated rings. The second-order valence-electron chi connectivity index (χ2n) is 7.67. The van der Waals surface area contributed by atoms with Crippen LogP contribution in [0.4, 0.5) is 0 Å². The number of carbonyl (C=O) groups is 2. The van der Waals surface area contributed by atoms with E-state index in [0.717, 1.165) is 5.56 Å². The topological polar surface area (TPSA) is 88.9 Å². The van der Waals surface area contributed by atoms with Gasteiger partial charge in [0.2, 0.25) is 0 Å². The van der Waals surface area contributed by atoms with Crippen LogP contribution in [-0.4, -0.2) is 43.0 Å². The van der Waals surface area contributed by atoms with E-state index in [-0.39, 0.29) is 23.6 Å². The van der Waals surface area contributed by atoms with Crippen molar-refractivity contribution < 1.29 is 28.5 Å². The summed E-state index contributed by atoms with van der Waals surface area (Å²) in [6.45, 7) is 0.205. The Balaban J connectivity index is 1.86. The van der Waals surface area contributed by atoms with Crippen molar-refractivity contribution in [2.45, 2.75) is 6.61 Å². The minimum absolute atomic E-state index is 0.0445. The van der Waals surface area contributed by atoms with Gasteiger partial charge in [0.15, 0.2) is 17.2 Å². The molecule has 1 aromatic heterocycles. The van der Waals surface area contributed by atoms with Crippen LogP contribution < -0.4 is 9.47 Å². The highest BCUT2D eigenvalue weighted by molar-refractivity contribution is 9.10. The Morgan fingerprint density at radius 3 is 2.27 bits per heavy atom. The van der Waals surface area contributed by atoms with Gasteiger partial charge in [0.1, 0.15) is 17.9 Å². The molecule has 37 heavy (non-hydrogen) atoms. The molecule has 190 valence electrons. The lowest BCUT2D eigenvalue weighted by molar-refractivity contribution is 0.0549. The number of carbonyl (C=O) groups excluding carboxylic acids is 2. The second kappa shape index (κ2) is 11.5. The molecule has 4 rings (SSSR count). The molecule has 4 aromatic rings. The van der Waals surface area contributed by atoms with Crippen molar-refractivity contribution in [1.29, 1.82) is 0 Å². The van der Waals surface area contributed by atoms with Crippen LogP contribution in [0.15, 0.2) is 71.2 Å². The number of ether oxygens (including phenoxy) is 4. The molecule has 0 radical (unpaired) electrons. The zero-order valence-corrected chi connectivity index (χ0v) is 22.5. The summed E-state index contributed by atoms with van der Waals surface area (Å²) in [7, 11) is 3.96. The van der Waals surface area contributed by atoms with Crippen molar-refractivity contribution >= 4 is 39.5 Å². The Hall–Kier alpha value is -3.82. The molecule has 0 aliphatic heterocycles. The van der Waals surface area contributed by atoms with Crippen LogP contribution >= 0.6 is 27.5 Å². The number of hydrogen-bond acceptors (Lipinski definition) is 7. The molecule has 0 saturated heterocycles. The van der Waals surface area contributed by atoms with Crippen LogP contribution in [0.3, 0.4) is 0 Å². The molecule has 0 unspecified atom stereocenters. The van der Waals surface area contributed by atoms with Gasteiger partial charge in [-0.2, -0.15) is 5.10 Å². The molecule has 0 amide bonds. The lowest BCUT2D eigenvalue weighted by Crippen LogP contribution is -2.15. The number of aromatic nitrogens is 2. The van der Waals surface area contributed by atoms with Crippen molar-refractivity contribution in [3.63, 3.8) is 0 Å². The highest BCUT2D eigenvalue weighted by Crippen LogP contribution is 2.41. The Labute approximate surface area is 226 Å². The quantitative estimate of drug-likeness (QED) is 0.230. The maximum Gasteiger partial charge on any atom is 0.357 e. The normalized spacial score (nSPS) is 10.6. The van der Waals surface area contributed by atoms with Gasteiger partial charge in [0.25, 0.3) is 0 Å². The minimum Gasteiger partial charge on any atom is -0.493 e. The van der Waals surface area contributed by atoms with E-state index in [1.165, 1.54) is 26.0 Å². The third kappa shape index (κ3) is 5.33. The first-order valence-corrected chi connectivity index (χ1v) is 12.2. The summed E-state index contributed by atoms with van der Waals surface area (Å²) in [4.78, 5) is 25.8. The Kier molecular flexibility index (Phi) is 8.15. The van der Waals surface area contributed by atoms with Gasteiger partial charge in [0.05, 0.1) is 31.5 Å². The smallest absolute Gasteiger partial charge is 0.357 e. The fraction of sp³-hybridized carbons (Fsp3) is 0.148. The summed E-state index contributed by atoms with van der Waals surface area (Å²) >= 11 is 9.80. The molecule has 1 heterocycles. The molecule has 0 N–H and O–H groups in total. The number of esters is 2. The summed E-state index contributed by atoms with van der Waals surface area (Å²) in [5.41, 5.74) is 1.94. The first kappa shape index (κ1) is 26.2. The predicted molar refractivity (Wildman–Crippen MR) is 142 cm³/mol. The fourth-order valence-electron chi connectivity index (χ4n) is 3.72. The van der Waals surface area contributed by atoms with E-state index in [4.69, 9.17) is 30.5 Å². The maximum atomic E-state index is 12.9. The molecule has 0 saturated carbocycles. The molecule has 0 aliphatic rings. The lowest BCUT2D eigenvalue weighted by atomic mass is 10.0. The molecule has 0 spiro atoms. The van der Waals surface area contributed by atoms with E-state index in [0.29, 0.717) is 32.2 Å². The van der Waals surface area contributed by atoms with Gasteiger partial charge in [-0.05, 0) is 46.3 Å². The van der Waals surface area contributed by atoms with Gasteiger partial charge in [-0.25, -0.2) is 14.3 Å². The van der Waals surface area contributed by atoms with Crippen LogP contribution in [0.25, 0.3) is 16.9 Å². The predicted octanol–water partition coefficient (Wildman–Crippen LogP) is 6.12. The van der Waals surface area contributed by atoms with Crippen LogP contribution in [0.2, 0.25) is 5.02 Å². The Morgan fingerprint density at radius 1 is 0.946 bits per heavy atom. The standard InChI is InChI=1S/C27H22BrClN2O6/c1-34-21-14-17(13-19(28)25(21)37-15-16-9-7-8-12-20(16)29)23-22(26(32)35-2)24(27(33)36-3)31(30-23)18-10-5-4-6-11-18/h4-14H,15H2,1-3H3. The summed E-state index contributed by atoms with van der Waals surface area (Å²) in [5.74, 6) is -0.678. The average Bonchev–Trinajstić information content (AvgIpc) is 3.33. The molecule has 0 aliphatic carbocycles. The number of benzene rings is 3. The number of para-hydroxylation sites is 1. The van der Waals surface area contributed by atoms with E-state index in [9.17, 15) is 9.59 Å². The number of hydrogen-bond donors (Lipinski definition) is 0. The number of halogens is 2. The Morgan fingerprint density at radius 2 is 1.62 bits per heavy atom. The number of nitrogens with zero attached hydrogens (tertiary/aromatic N) is 2. The Bertz CT molecular complexity index is 1460. The van der Waals surface area contributed by atoms with Gasteiger partial charge >= 0.3 is 11.9 Å². The van der Waals surface area contributed by atoms with Crippen molar-refractivity contribution in [3.8, 4) is 28.4 Å². The first-order chi connectivity index (χ1) is 17.9. The van der Waals surface area contributed by atoms with E-state index in [1.54, 1.807) is 42.5 Å². The maximum absolute atomic E-state index is 12.9. The van der Waals surface area contributed by atoms with Crippen LogP contribution in [-0.2, 0) is 16.1 Å². The third-order valence-corrected chi connectivity index (χ3v) is 6.44. The lowest BCUT2D eigenvalue weighted by Gasteiger charge is -2.15. The largest absolute Gasteiger partial charge is 0.493 e. The molecule has 8 nitrogen and oxygen atoms in total. The second-order valence-corrected chi connectivity index (χ2v) is 8.93. The van der Waals surface area contributed by atoms with E-state index in [1.807, 2.05) is 24.3 Å². The SMILES string of the molecule is COC(=O)c1c(-c2cc(Br)c(OCc3ccccc3Cl)c(OC)c2)nn(-c2ccccc2)c1C(=O)OC. The van der Waals surface area contributed by atoms with Crippen LogP contribution in [0.1, 0.15) is 26.4 Å². The fourth-order valence-corrected chi connectivity index (χ4v) is 4.47. The molecule has 10 heteroatoms. The monoisotopic (exact) mass is 584 g/mol. The van der Waals surface area contributed by atoms with E-state index >= 15 is 0 Å². The summed E-state index contributed by atoms with van der Waals surface area (Å²) in [6.07, 6.45) is 0. The van der Waals surface area contributed by atoms with Gasteiger partial charge in [0, 0.05) is 16.1 Å². The molecule has 3 aromatic carbocycles. The van der Waals surface area contributed by atoms with Gasteiger partial charge in [-0.1, -0.05) is 48.0 Å². The van der Waals surface area contributed by atoms with E-state index in [2.05, 4.69) is 21.0 Å². The number of rotatable bonds is 8. The van der Waals surface area contributed by atoms with Crippen molar-refractivity contribution in [2.75, 3.05) is 21.3 Å². The number of methoxy groups -OCH3 is 3. The molecular formula is C27H22BrClN2O6. The first-order valence-electron chi connectivity index (χ1n) is 11.0. The summed E-state index contributed by atoms with van der Waals surface area (Å²) in [6, 6.07) is 19.7.